The molecule has 1 aliphatic rings. The molecular weight excluding hydrogens is 326 g/mol. The Bertz CT molecular complexity index is 681. The molecule has 8 nitrogen and oxygen atoms in total. The van der Waals surface area contributed by atoms with Gasteiger partial charge in [0, 0.05) is 31.5 Å². The monoisotopic (exact) mass is 344 g/mol. The van der Waals surface area contributed by atoms with E-state index in [9.17, 15) is 18.3 Å². The van der Waals surface area contributed by atoms with E-state index >= 15 is 0 Å². The molecule has 0 amide bonds. The number of carboxylic acids is 1. The highest BCUT2D eigenvalue weighted by atomic mass is 32.2. The zero-order valence-corrected chi connectivity index (χ0v) is 13.7. The predicted molar refractivity (Wildman–Crippen MR) is 77.8 cm³/mol. The van der Waals surface area contributed by atoms with Gasteiger partial charge in [0.1, 0.15) is 0 Å². The molecule has 23 heavy (non-hydrogen) atoms. The van der Waals surface area contributed by atoms with Crippen molar-refractivity contribution in [2.75, 3.05) is 40.5 Å². The van der Waals surface area contributed by atoms with Gasteiger partial charge < -0.3 is 24.1 Å². The molecular formula is C14H18NO7S-. The first-order chi connectivity index (χ1) is 10.9. The van der Waals surface area contributed by atoms with Gasteiger partial charge in [0.15, 0.2) is 11.5 Å². The van der Waals surface area contributed by atoms with Crippen molar-refractivity contribution in [3.63, 3.8) is 0 Å². The van der Waals surface area contributed by atoms with Crippen LogP contribution in [0, 0.1) is 0 Å². The van der Waals surface area contributed by atoms with E-state index in [1.807, 2.05) is 0 Å². The number of benzene rings is 1. The number of morpholine rings is 1. The maximum atomic E-state index is 12.8. The third-order valence-corrected chi connectivity index (χ3v) is 5.47. The molecule has 0 N–H and O–H groups in total. The van der Waals surface area contributed by atoms with E-state index in [0.717, 1.165) is 0 Å². The highest BCUT2D eigenvalue weighted by Gasteiger charge is 2.30. The van der Waals surface area contributed by atoms with Crippen LogP contribution in [-0.4, -0.2) is 59.2 Å². The molecule has 1 aliphatic heterocycles. The van der Waals surface area contributed by atoms with E-state index in [1.165, 1.54) is 30.7 Å². The fourth-order valence-corrected chi connectivity index (χ4v) is 3.99. The number of carbonyl (C=O) groups is 1. The second kappa shape index (κ2) is 7.16. The third kappa shape index (κ3) is 3.74. The van der Waals surface area contributed by atoms with Crippen LogP contribution in [0.2, 0.25) is 0 Å². The lowest BCUT2D eigenvalue weighted by atomic mass is 10.1. The van der Waals surface area contributed by atoms with Crippen molar-refractivity contribution in [3.05, 3.63) is 17.7 Å². The van der Waals surface area contributed by atoms with Gasteiger partial charge in [0.25, 0.3) is 0 Å². The molecule has 1 aromatic carbocycles. The zero-order valence-electron chi connectivity index (χ0n) is 12.9. The quantitative estimate of drug-likeness (QED) is 0.653. The highest BCUT2D eigenvalue weighted by Crippen LogP contribution is 2.34. The van der Waals surface area contributed by atoms with Crippen LogP contribution in [0.15, 0.2) is 17.0 Å². The van der Waals surface area contributed by atoms with Crippen molar-refractivity contribution < 1.29 is 32.5 Å². The number of aliphatic carboxylic acids is 1. The number of carbonyl (C=O) groups excluding carboxylic acids is 1. The number of carboxylic acid groups (broad SMARTS) is 1. The first-order valence-corrected chi connectivity index (χ1v) is 8.36. The maximum Gasteiger partial charge on any atom is 0.243 e. The summed E-state index contributed by atoms with van der Waals surface area (Å²) in [6.07, 6.45) is -0.542. The molecule has 1 heterocycles. The van der Waals surface area contributed by atoms with Crippen LogP contribution in [0.4, 0.5) is 0 Å². The predicted octanol–water partition coefficient (Wildman–Crippen LogP) is -0.983. The molecule has 0 aliphatic carbocycles. The Balaban J connectivity index is 2.55. The van der Waals surface area contributed by atoms with Gasteiger partial charge >= 0.3 is 0 Å². The number of hydrogen-bond acceptors (Lipinski definition) is 7. The van der Waals surface area contributed by atoms with Gasteiger partial charge in [0.05, 0.1) is 32.3 Å². The van der Waals surface area contributed by atoms with Crippen LogP contribution in [0.3, 0.4) is 0 Å². The van der Waals surface area contributed by atoms with Gasteiger partial charge in [-0.15, -0.1) is 0 Å². The number of rotatable bonds is 6. The van der Waals surface area contributed by atoms with E-state index in [2.05, 4.69) is 0 Å². The zero-order chi connectivity index (χ0) is 17.0. The molecule has 0 atom stereocenters. The standard InChI is InChI=1S/C14H19NO7S/c1-20-11-7-10(8-14(16)17)13(9-12(11)21-2)23(18,19)15-3-5-22-6-4-15/h7,9H,3-6,8H2,1-2H3,(H,16,17)/p-1. The molecule has 0 aromatic heterocycles. The lowest BCUT2D eigenvalue weighted by Crippen LogP contribution is -2.41. The molecule has 1 saturated heterocycles. The SMILES string of the molecule is COc1cc(CC(=O)[O-])c(S(=O)(=O)N2CCOCC2)cc1OC. The molecule has 128 valence electrons. The summed E-state index contributed by atoms with van der Waals surface area (Å²) in [6, 6.07) is 2.63. The summed E-state index contributed by atoms with van der Waals surface area (Å²) in [6.45, 7) is 1.01. The van der Waals surface area contributed by atoms with Crippen LogP contribution in [0.25, 0.3) is 0 Å². The maximum absolute atomic E-state index is 12.8. The summed E-state index contributed by atoms with van der Waals surface area (Å²) < 4.78 is 42.3. The largest absolute Gasteiger partial charge is 0.550 e. The Hall–Kier alpha value is -1.84. The molecule has 1 aromatic rings. The van der Waals surface area contributed by atoms with Crippen molar-refractivity contribution in [1.82, 2.24) is 4.31 Å². The number of nitrogens with zero attached hydrogens (tertiary/aromatic N) is 1. The van der Waals surface area contributed by atoms with Crippen LogP contribution in [0.5, 0.6) is 11.5 Å². The summed E-state index contributed by atoms with van der Waals surface area (Å²) in [5, 5.41) is 11.0. The number of sulfonamides is 1. The van der Waals surface area contributed by atoms with Crippen molar-refractivity contribution in [2.45, 2.75) is 11.3 Å². The molecule has 9 heteroatoms. The van der Waals surface area contributed by atoms with E-state index < -0.39 is 22.4 Å². The minimum absolute atomic E-state index is 0.0918. The molecule has 2 rings (SSSR count). The van der Waals surface area contributed by atoms with Crippen LogP contribution >= 0.6 is 0 Å². The van der Waals surface area contributed by atoms with Gasteiger partial charge in [-0.1, -0.05) is 0 Å². The Morgan fingerprint density at radius 2 is 1.78 bits per heavy atom. The van der Waals surface area contributed by atoms with Gasteiger partial charge in [-0.25, -0.2) is 8.42 Å². The first kappa shape index (κ1) is 17.5. The lowest BCUT2D eigenvalue weighted by molar-refractivity contribution is -0.304. The summed E-state index contributed by atoms with van der Waals surface area (Å²) in [4.78, 5) is 10.8. The highest BCUT2D eigenvalue weighted by molar-refractivity contribution is 7.89. The molecule has 0 radical (unpaired) electrons. The topological polar surface area (TPSA) is 105 Å². The van der Waals surface area contributed by atoms with Crippen molar-refractivity contribution >= 4 is 16.0 Å². The van der Waals surface area contributed by atoms with E-state index in [4.69, 9.17) is 14.2 Å². The smallest absolute Gasteiger partial charge is 0.243 e. The summed E-state index contributed by atoms with van der Waals surface area (Å²) in [7, 11) is -1.11. The normalized spacial score (nSPS) is 16.1. The minimum Gasteiger partial charge on any atom is -0.550 e. The van der Waals surface area contributed by atoms with Crippen molar-refractivity contribution in [2.24, 2.45) is 0 Å². The van der Waals surface area contributed by atoms with Crippen LogP contribution < -0.4 is 14.6 Å². The van der Waals surface area contributed by atoms with Crippen LogP contribution in [0.1, 0.15) is 5.56 Å². The van der Waals surface area contributed by atoms with Gasteiger partial charge in [-0.05, 0) is 11.6 Å². The van der Waals surface area contributed by atoms with E-state index in [1.54, 1.807) is 0 Å². The number of ether oxygens (including phenoxy) is 3. The van der Waals surface area contributed by atoms with E-state index in [0.29, 0.717) is 13.2 Å². The second-order valence-electron chi connectivity index (χ2n) is 4.88. The fourth-order valence-electron chi connectivity index (χ4n) is 2.36. The molecule has 0 bridgehead atoms. The Morgan fingerprint density at radius 1 is 1.22 bits per heavy atom. The third-order valence-electron chi connectivity index (χ3n) is 3.49. The molecule has 0 unspecified atom stereocenters. The Kier molecular flexibility index (Phi) is 5.45. The average molecular weight is 344 g/mol. The summed E-state index contributed by atoms with van der Waals surface area (Å²) in [5.41, 5.74) is 0.0918. The minimum atomic E-state index is -3.87. The summed E-state index contributed by atoms with van der Waals surface area (Å²) >= 11 is 0. The molecule has 1 fully saturated rings. The van der Waals surface area contributed by atoms with Gasteiger partial charge in [0.2, 0.25) is 10.0 Å². The lowest BCUT2D eigenvalue weighted by Gasteiger charge is -2.27. The van der Waals surface area contributed by atoms with Crippen molar-refractivity contribution in [3.8, 4) is 11.5 Å². The van der Waals surface area contributed by atoms with Gasteiger partial charge in [-0.2, -0.15) is 4.31 Å². The van der Waals surface area contributed by atoms with Crippen molar-refractivity contribution in [1.29, 1.82) is 0 Å². The first-order valence-electron chi connectivity index (χ1n) is 6.92. The fraction of sp³-hybridized carbons (Fsp3) is 0.500. The molecule has 0 spiro atoms. The van der Waals surface area contributed by atoms with Crippen LogP contribution in [-0.2, 0) is 26.0 Å². The average Bonchev–Trinajstić information content (AvgIpc) is 2.54. The number of hydrogen-bond donors (Lipinski definition) is 0. The van der Waals surface area contributed by atoms with Gasteiger partial charge in [-0.3, -0.25) is 0 Å². The number of methoxy groups -OCH3 is 2. The Morgan fingerprint density at radius 3 is 2.30 bits per heavy atom. The Labute approximate surface area is 134 Å². The second-order valence-corrected chi connectivity index (χ2v) is 6.79. The molecule has 0 saturated carbocycles. The summed E-state index contributed by atoms with van der Waals surface area (Å²) in [5.74, 6) is -0.915. The van der Waals surface area contributed by atoms with E-state index in [-0.39, 0.29) is 35.0 Å².